The van der Waals surface area contributed by atoms with Crippen molar-refractivity contribution < 1.29 is 9.90 Å². The predicted octanol–water partition coefficient (Wildman–Crippen LogP) is 1.28. The van der Waals surface area contributed by atoms with Crippen molar-refractivity contribution in [2.45, 2.75) is 17.1 Å². The van der Waals surface area contributed by atoms with Gasteiger partial charge < -0.3 is 10.4 Å². The molecule has 4 heteroatoms. The van der Waals surface area contributed by atoms with E-state index >= 15 is 0 Å². The Morgan fingerprint density at radius 2 is 2.13 bits per heavy atom. The van der Waals surface area contributed by atoms with Gasteiger partial charge in [0.1, 0.15) is 0 Å². The average molecular weight is 225 g/mol. The van der Waals surface area contributed by atoms with E-state index in [1.165, 1.54) is 11.8 Å². The molecule has 0 aliphatic heterocycles. The molecule has 1 atom stereocenters. The molecule has 0 fully saturated rings. The van der Waals surface area contributed by atoms with Crippen molar-refractivity contribution in [3.8, 4) is 0 Å². The Bertz CT molecular complexity index is 303. The van der Waals surface area contributed by atoms with Gasteiger partial charge in [0, 0.05) is 11.4 Å². The number of thioether (sulfide) groups is 1. The Balaban J connectivity index is 2.41. The zero-order valence-electron chi connectivity index (χ0n) is 8.64. The van der Waals surface area contributed by atoms with Crippen molar-refractivity contribution in [3.63, 3.8) is 0 Å². The van der Waals surface area contributed by atoms with Crippen LogP contribution in [0.3, 0.4) is 0 Å². The monoisotopic (exact) mass is 225 g/mol. The van der Waals surface area contributed by atoms with Gasteiger partial charge in [-0.05, 0) is 19.1 Å². The largest absolute Gasteiger partial charge is 0.395 e. The van der Waals surface area contributed by atoms with Crippen LogP contribution in [0.15, 0.2) is 35.2 Å². The maximum atomic E-state index is 11.5. The highest BCUT2D eigenvalue weighted by Crippen LogP contribution is 2.22. The van der Waals surface area contributed by atoms with Crippen LogP contribution in [0.5, 0.6) is 0 Å². The first-order valence-corrected chi connectivity index (χ1v) is 5.72. The van der Waals surface area contributed by atoms with Gasteiger partial charge in [-0.2, -0.15) is 0 Å². The maximum Gasteiger partial charge on any atom is 0.233 e. The number of hydrogen-bond donors (Lipinski definition) is 2. The minimum atomic E-state index is -0.140. The van der Waals surface area contributed by atoms with E-state index < -0.39 is 0 Å². The van der Waals surface area contributed by atoms with Crippen molar-refractivity contribution in [2.75, 3.05) is 13.2 Å². The lowest BCUT2D eigenvalue weighted by Crippen LogP contribution is -2.32. The molecular formula is C11H15NO2S. The predicted molar refractivity (Wildman–Crippen MR) is 61.9 cm³/mol. The number of carbonyl (C=O) groups excluding carboxylic acids is 1. The van der Waals surface area contributed by atoms with E-state index in [1.54, 1.807) is 0 Å². The molecule has 0 bridgehead atoms. The fourth-order valence-electron chi connectivity index (χ4n) is 1.08. The average Bonchev–Trinajstić information content (AvgIpc) is 2.27. The summed E-state index contributed by atoms with van der Waals surface area (Å²) in [6.45, 7) is 2.15. The molecule has 0 aromatic heterocycles. The molecule has 0 aliphatic carbocycles. The van der Waals surface area contributed by atoms with Gasteiger partial charge in [-0.1, -0.05) is 18.2 Å². The molecule has 15 heavy (non-hydrogen) atoms. The Labute approximate surface area is 93.9 Å². The van der Waals surface area contributed by atoms with Crippen molar-refractivity contribution >= 4 is 17.7 Å². The summed E-state index contributed by atoms with van der Waals surface area (Å²) in [7, 11) is 0. The molecule has 0 heterocycles. The zero-order valence-corrected chi connectivity index (χ0v) is 9.46. The van der Waals surface area contributed by atoms with Crippen molar-refractivity contribution in [3.05, 3.63) is 30.3 Å². The zero-order chi connectivity index (χ0) is 11.1. The summed E-state index contributed by atoms with van der Waals surface area (Å²) in [5.74, 6) is -0.0436. The molecule has 1 rings (SSSR count). The van der Waals surface area contributed by atoms with Gasteiger partial charge in [0.25, 0.3) is 0 Å². The molecule has 1 aromatic rings. The normalized spacial score (nSPS) is 12.1. The van der Waals surface area contributed by atoms with Crippen molar-refractivity contribution in [1.29, 1.82) is 0 Å². The van der Waals surface area contributed by atoms with Gasteiger partial charge >= 0.3 is 0 Å². The second kappa shape index (κ2) is 6.48. The molecule has 1 unspecified atom stereocenters. The highest BCUT2D eigenvalue weighted by molar-refractivity contribution is 8.00. The van der Waals surface area contributed by atoms with Crippen LogP contribution in [0, 0.1) is 0 Å². The molecule has 0 spiro atoms. The summed E-state index contributed by atoms with van der Waals surface area (Å²) in [4.78, 5) is 12.5. The minimum Gasteiger partial charge on any atom is -0.395 e. The lowest BCUT2D eigenvalue weighted by molar-refractivity contribution is -0.120. The highest BCUT2D eigenvalue weighted by atomic mass is 32.2. The smallest absolute Gasteiger partial charge is 0.233 e. The number of carbonyl (C=O) groups is 1. The van der Waals surface area contributed by atoms with Crippen molar-refractivity contribution in [1.82, 2.24) is 5.32 Å². The molecule has 1 amide bonds. The van der Waals surface area contributed by atoms with Gasteiger partial charge in [0.2, 0.25) is 5.91 Å². The van der Waals surface area contributed by atoms with Crippen LogP contribution in [-0.2, 0) is 4.79 Å². The molecule has 0 radical (unpaired) electrons. The quantitative estimate of drug-likeness (QED) is 0.742. The first-order valence-electron chi connectivity index (χ1n) is 4.84. The van der Waals surface area contributed by atoms with Crippen LogP contribution < -0.4 is 5.32 Å². The number of aliphatic hydroxyl groups excluding tert-OH is 1. The van der Waals surface area contributed by atoms with E-state index in [4.69, 9.17) is 5.11 Å². The maximum absolute atomic E-state index is 11.5. The Kier molecular flexibility index (Phi) is 5.21. The van der Waals surface area contributed by atoms with Gasteiger partial charge in [0.15, 0.2) is 0 Å². The van der Waals surface area contributed by atoms with Crippen LogP contribution in [0.2, 0.25) is 0 Å². The highest BCUT2D eigenvalue weighted by Gasteiger charge is 2.12. The summed E-state index contributed by atoms with van der Waals surface area (Å²) in [5, 5.41) is 11.1. The van der Waals surface area contributed by atoms with Crippen LogP contribution in [0.25, 0.3) is 0 Å². The minimum absolute atomic E-state index is 0.0194. The number of hydrogen-bond acceptors (Lipinski definition) is 3. The fourth-order valence-corrected chi connectivity index (χ4v) is 1.99. The number of benzene rings is 1. The van der Waals surface area contributed by atoms with E-state index in [-0.39, 0.29) is 17.8 Å². The third kappa shape index (κ3) is 4.36. The number of rotatable bonds is 5. The third-order valence-corrected chi connectivity index (χ3v) is 2.95. The lowest BCUT2D eigenvalue weighted by atomic mass is 10.4. The molecule has 1 aromatic carbocycles. The second-order valence-corrected chi connectivity index (χ2v) is 4.50. The summed E-state index contributed by atoms with van der Waals surface area (Å²) >= 11 is 1.51. The van der Waals surface area contributed by atoms with Crippen LogP contribution in [0.1, 0.15) is 6.92 Å². The standard InChI is InChI=1S/C11H15NO2S/c1-9(11(14)12-7-8-13)15-10-5-3-2-4-6-10/h2-6,9,13H,7-8H2,1H3,(H,12,14). The van der Waals surface area contributed by atoms with Crippen molar-refractivity contribution in [2.24, 2.45) is 0 Å². The molecule has 0 aliphatic rings. The Morgan fingerprint density at radius 1 is 1.47 bits per heavy atom. The van der Waals surface area contributed by atoms with Crippen LogP contribution in [0.4, 0.5) is 0 Å². The van der Waals surface area contributed by atoms with Crippen LogP contribution in [-0.4, -0.2) is 29.4 Å². The molecule has 2 N–H and O–H groups in total. The summed E-state index contributed by atoms with van der Waals surface area (Å²) in [6.07, 6.45) is 0. The first kappa shape index (κ1) is 12.1. The van der Waals surface area contributed by atoms with E-state index in [2.05, 4.69) is 5.32 Å². The third-order valence-electron chi connectivity index (χ3n) is 1.84. The fraction of sp³-hybridized carbons (Fsp3) is 0.364. The number of nitrogens with one attached hydrogen (secondary N) is 1. The number of amides is 1. The molecular weight excluding hydrogens is 210 g/mol. The second-order valence-electron chi connectivity index (χ2n) is 3.09. The molecule has 3 nitrogen and oxygen atoms in total. The number of aliphatic hydroxyl groups is 1. The molecule has 0 saturated heterocycles. The summed E-state index contributed by atoms with van der Waals surface area (Å²) in [6, 6.07) is 9.78. The van der Waals surface area contributed by atoms with Crippen LogP contribution >= 0.6 is 11.8 Å². The first-order chi connectivity index (χ1) is 7.24. The Morgan fingerprint density at radius 3 is 2.73 bits per heavy atom. The van der Waals surface area contributed by atoms with E-state index in [1.807, 2.05) is 37.3 Å². The Hall–Kier alpha value is -1.00. The van der Waals surface area contributed by atoms with E-state index in [9.17, 15) is 4.79 Å². The SMILES string of the molecule is CC(Sc1ccccc1)C(=O)NCCO. The van der Waals surface area contributed by atoms with Gasteiger partial charge in [-0.3, -0.25) is 4.79 Å². The lowest BCUT2D eigenvalue weighted by Gasteiger charge is -2.10. The molecule has 82 valence electrons. The summed E-state index contributed by atoms with van der Waals surface area (Å²) < 4.78 is 0. The van der Waals surface area contributed by atoms with E-state index in [0.29, 0.717) is 6.54 Å². The molecule has 0 saturated carbocycles. The van der Waals surface area contributed by atoms with Gasteiger partial charge in [0.05, 0.1) is 11.9 Å². The summed E-state index contributed by atoms with van der Waals surface area (Å²) in [5.41, 5.74) is 0. The topological polar surface area (TPSA) is 49.3 Å². The van der Waals surface area contributed by atoms with Gasteiger partial charge in [-0.15, -0.1) is 11.8 Å². The van der Waals surface area contributed by atoms with E-state index in [0.717, 1.165) is 4.90 Å². The van der Waals surface area contributed by atoms with Gasteiger partial charge in [-0.25, -0.2) is 0 Å².